The Bertz CT molecular complexity index is 229. The number of hydrogen-bond donors (Lipinski definition) is 2. The second kappa shape index (κ2) is 8.71. The van der Waals surface area contributed by atoms with E-state index in [1.807, 2.05) is 6.08 Å². The summed E-state index contributed by atoms with van der Waals surface area (Å²) in [5.74, 6) is 1.21. The van der Waals surface area contributed by atoms with Crippen molar-refractivity contribution >= 4 is 0 Å². The summed E-state index contributed by atoms with van der Waals surface area (Å²) in [6, 6.07) is 0.555. The topological polar surface area (TPSA) is 32.3 Å². The molecule has 0 aliphatic heterocycles. The molecule has 1 fully saturated rings. The van der Waals surface area contributed by atoms with E-state index in [2.05, 4.69) is 25.7 Å². The molecule has 0 aromatic heterocycles. The number of rotatable bonds is 8. The van der Waals surface area contributed by atoms with Crippen LogP contribution in [0.4, 0.5) is 0 Å². The van der Waals surface area contributed by atoms with Crippen LogP contribution in [-0.2, 0) is 0 Å². The van der Waals surface area contributed by atoms with Gasteiger partial charge in [0.2, 0.25) is 0 Å². The molecular weight excluding hydrogens is 222 g/mol. The molecule has 2 nitrogen and oxygen atoms in total. The van der Waals surface area contributed by atoms with Crippen LogP contribution in [0.2, 0.25) is 0 Å². The smallest absolute Gasteiger partial charge is 0.0568 e. The van der Waals surface area contributed by atoms with Crippen molar-refractivity contribution in [1.29, 1.82) is 0 Å². The molecule has 1 rings (SSSR count). The van der Waals surface area contributed by atoms with Crippen LogP contribution in [0.25, 0.3) is 0 Å². The Morgan fingerprint density at radius 1 is 1.33 bits per heavy atom. The number of allylic oxidation sites excluding steroid dienone is 1. The van der Waals surface area contributed by atoms with Gasteiger partial charge >= 0.3 is 0 Å². The van der Waals surface area contributed by atoms with Crippen LogP contribution in [-0.4, -0.2) is 23.8 Å². The minimum absolute atomic E-state index is 0.0316. The van der Waals surface area contributed by atoms with E-state index < -0.39 is 0 Å². The average molecular weight is 253 g/mol. The van der Waals surface area contributed by atoms with Crippen molar-refractivity contribution < 1.29 is 5.11 Å². The molecule has 106 valence electrons. The monoisotopic (exact) mass is 253 g/mol. The van der Waals surface area contributed by atoms with Crippen LogP contribution >= 0.6 is 0 Å². The summed E-state index contributed by atoms with van der Waals surface area (Å²) in [7, 11) is 0. The molecule has 18 heavy (non-hydrogen) atoms. The standard InChI is InChI=1S/C16H31NO/c1-4-8-13(2)14(3)17-12-7-10-15-9-5-6-11-16(15)18/h4,13-18H,1,5-12H2,2-3H3. The van der Waals surface area contributed by atoms with Crippen molar-refractivity contribution in [1.82, 2.24) is 5.32 Å². The van der Waals surface area contributed by atoms with E-state index >= 15 is 0 Å². The van der Waals surface area contributed by atoms with Gasteiger partial charge in [-0.1, -0.05) is 25.8 Å². The third-order valence-electron chi connectivity index (χ3n) is 4.48. The third kappa shape index (κ3) is 5.53. The molecule has 2 heteroatoms. The van der Waals surface area contributed by atoms with Crippen LogP contribution in [0.3, 0.4) is 0 Å². The van der Waals surface area contributed by atoms with Gasteiger partial charge in [0, 0.05) is 6.04 Å². The molecule has 0 saturated heterocycles. The van der Waals surface area contributed by atoms with Crippen molar-refractivity contribution in [2.75, 3.05) is 6.54 Å². The molecule has 2 N–H and O–H groups in total. The lowest BCUT2D eigenvalue weighted by Crippen LogP contribution is -2.33. The predicted molar refractivity (Wildman–Crippen MR) is 78.6 cm³/mol. The highest BCUT2D eigenvalue weighted by Gasteiger charge is 2.22. The highest BCUT2D eigenvalue weighted by molar-refractivity contribution is 4.78. The molecule has 0 aromatic carbocycles. The number of aliphatic hydroxyl groups is 1. The predicted octanol–water partition coefficient (Wildman–Crippen LogP) is 3.51. The van der Waals surface area contributed by atoms with Crippen molar-refractivity contribution in [3.63, 3.8) is 0 Å². The van der Waals surface area contributed by atoms with Crippen molar-refractivity contribution in [3.8, 4) is 0 Å². The summed E-state index contributed by atoms with van der Waals surface area (Å²) in [6.45, 7) is 9.39. The molecule has 0 heterocycles. The highest BCUT2D eigenvalue weighted by Crippen LogP contribution is 2.27. The van der Waals surface area contributed by atoms with Crippen LogP contribution in [0.5, 0.6) is 0 Å². The van der Waals surface area contributed by atoms with Crippen LogP contribution < -0.4 is 5.32 Å². The van der Waals surface area contributed by atoms with E-state index in [0.29, 0.717) is 17.9 Å². The lowest BCUT2D eigenvalue weighted by molar-refractivity contribution is 0.0641. The summed E-state index contributed by atoms with van der Waals surface area (Å²) in [5.41, 5.74) is 0. The van der Waals surface area contributed by atoms with Gasteiger partial charge in [-0.25, -0.2) is 0 Å². The Labute approximate surface area is 113 Å². The van der Waals surface area contributed by atoms with Gasteiger partial charge in [-0.15, -0.1) is 6.58 Å². The van der Waals surface area contributed by atoms with Gasteiger partial charge in [-0.05, 0) is 57.4 Å². The summed E-state index contributed by atoms with van der Waals surface area (Å²) in [5, 5.41) is 13.5. The Morgan fingerprint density at radius 2 is 2.06 bits per heavy atom. The van der Waals surface area contributed by atoms with Gasteiger partial charge < -0.3 is 10.4 Å². The van der Waals surface area contributed by atoms with Gasteiger partial charge in [0.25, 0.3) is 0 Å². The maximum absolute atomic E-state index is 9.90. The molecule has 4 atom stereocenters. The summed E-state index contributed by atoms with van der Waals surface area (Å²) in [6.07, 6.45) is 10.2. The Kier molecular flexibility index (Phi) is 7.60. The Morgan fingerprint density at radius 3 is 2.72 bits per heavy atom. The van der Waals surface area contributed by atoms with Crippen molar-refractivity contribution in [2.45, 2.75) is 70.9 Å². The van der Waals surface area contributed by atoms with E-state index in [9.17, 15) is 5.11 Å². The van der Waals surface area contributed by atoms with E-state index in [1.54, 1.807) is 0 Å². The maximum Gasteiger partial charge on any atom is 0.0568 e. The molecular formula is C16H31NO. The normalized spacial score (nSPS) is 27.7. The fraction of sp³-hybridized carbons (Fsp3) is 0.875. The zero-order chi connectivity index (χ0) is 13.4. The molecule has 0 amide bonds. The first-order chi connectivity index (χ1) is 8.65. The fourth-order valence-electron chi connectivity index (χ4n) is 2.89. The largest absolute Gasteiger partial charge is 0.393 e. The quantitative estimate of drug-likeness (QED) is 0.512. The summed E-state index contributed by atoms with van der Waals surface area (Å²) < 4.78 is 0. The van der Waals surface area contributed by atoms with E-state index in [1.165, 1.54) is 32.1 Å². The van der Waals surface area contributed by atoms with E-state index in [4.69, 9.17) is 0 Å². The van der Waals surface area contributed by atoms with Gasteiger partial charge in [0.1, 0.15) is 0 Å². The SMILES string of the molecule is C=CCC(C)C(C)NCCCC1CCCCC1O. The lowest BCUT2D eigenvalue weighted by Gasteiger charge is -2.28. The first-order valence-electron chi connectivity index (χ1n) is 7.67. The number of aliphatic hydroxyl groups excluding tert-OH is 1. The van der Waals surface area contributed by atoms with Gasteiger partial charge in [0.15, 0.2) is 0 Å². The van der Waals surface area contributed by atoms with E-state index in [0.717, 1.165) is 19.4 Å². The first-order valence-corrected chi connectivity index (χ1v) is 7.67. The molecule has 0 aromatic rings. The van der Waals surface area contributed by atoms with E-state index in [-0.39, 0.29) is 6.10 Å². The molecule has 0 radical (unpaired) electrons. The third-order valence-corrected chi connectivity index (χ3v) is 4.48. The molecule has 1 aliphatic carbocycles. The van der Waals surface area contributed by atoms with Gasteiger partial charge in [-0.2, -0.15) is 0 Å². The second-order valence-electron chi connectivity index (χ2n) is 6.00. The average Bonchev–Trinajstić information content (AvgIpc) is 2.36. The summed E-state index contributed by atoms with van der Waals surface area (Å²) >= 11 is 0. The number of hydrogen-bond acceptors (Lipinski definition) is 2. The maximum atomic E-state index is 9.90. The number of nitrogens with one attached hydrogen (secondary N) is 1. The molecule has 1 saturated carbocycles. The first kappa shape index (κ1) is 15.7. The van der Waals surface area contributed by atoms with Gasteiger partial charge in [-0.3, -0.25) is 0 Å². The summed E-state index contributed by atoms with van der Waals surface area (Å²) in [4.78, 5) is 0. The van der Waals surface area contributed by atoms with Crippen LogP contribution in [0.1, 0.15) is 58.8 Å². The Balaban J connectivity index is 2.08. The van der Waals surface area contributed by atoms with Crippen molar-refractivity contribution in [2.24, 2.45) is 11.8 Å². The molecule has 0 bridgehead atoms. The minimum atomic E-state index is -0.0316. The van der Waals surface area contributed by atoms with Crippen molar-refractivity contribution in [3.05, 3.63) is 12.7 Å². The zero-order valence-electron chi connectivity index (χ0n) is 12.2. The van der Waals surface area contributed by atoms with Gasteiger partial charge in [0.05, 0.1) is 6.10 Å². The fourth-order valence-corrected chi connectivity index (χ4v) is 2.89. The molecule has 0 spiro atoms. The minimum Gasteiger partial charge on any atom is -0.393 e. The molecule has 4 unspecified atom stereocenters. The van der Waals surface area contributed by atoms with Crippen LogP contribution in [0.15, 0.2) is 12.7 Å². The second-order valence-corrected chi connectivity index (χ2v) is 6.00. The molecule has 1 aliphatic rings. The highest BCUT2D eigenvalue weighted by atomic mass is 16.3. The Hall–Kier alpha value is -0.340. The lowest BCUT2D eigenvalue weighted by atomic mass is 9.83. The zero-order valence-corrected chi connectivity index (χ0v) is 12.2. The van der Waals surface area contributed by atoms with Crippen LogP contribution in [0, 0.1) is 11.8 Å².